The Morgan fingerprint density at radius 2 is 1.94 bits per heavy atom. The lowest BCUT2D eigenvalue weighted by Gasteiger charge is -2.38. The number of piperidine rings is 1. The molecule has 0 aromatic carbocycles. The molecule has 1 aromatic heterocycles. The number of nitrogens with zero attached hydrogens (tertiary/aromatic N) is 4. The van der Waals surface area contributed by atoms with Gasteiger partial charge in [0.05, 0.1) is 18.1 Å². The van der Waals surface area contributed by atoms with Crippen LogP contribution in [-0.4, -0.2) is 53.0 Å². The van der Waals surface area contributed by atoms with Crippen molar-refractivity contribution in [2.75, 3.05) is 38.3 Å². The highest BCUT2D eigenvalue weighted by atomic mass is 32.2. The van der Waals surface area contributed by atoms with Crippen LogP contribution in [0, 0.1) is 30.1 Å². The van der Waals surface area contributed by atoms with E-state index in [1.165, 1.54) is 16.7 Å². The number of pyridine rings is 1. The molecule has 0 N–H and O–H groups in total. The van der Waals surface area contributed by atoms with E-state index in [4.69, 9.17) is 17.0 Å². The number of anilines is 1. The largest absolute Gasteiger partial charge is 0.383 e. The minimum absolute atomic E-state index is 0.120. The summed E-state index contributed by atoms with van der Waals surface area (Å²) in [4.78, 5) is 30.5. The number of thioether (sulfide) groups is 1. The van der Waals surface area contributed by atoms with Gasteiger partial charge in [0.25, 0.3) is 11.5 Å². The fourth-order valence-corrected chi connectivity index (χ4v) is 5.91. The third kappa shape index (κ3) is 4.63. The van der Waals surface area contributed by atoms with Gasteiger partial charge in [-0.05, 0) is 43.7 Å². The summed E-state index contributed by atoms with van der Waals surface area (Å²) in [5.41, 5.74) is 1.19. The zero-order chi connectivity index (χ0) is 23.6. The fraction of sp³-hybridized carbons (Fsp3) is 0.565. The van der Waals surface area contributed by atoms with Gasteiger partial charge in [-0.2, -0.15) is 5.26 Å². The quantitative estimate of drug-likeness (QED) is 0.462. The van der Waals surface area contributed by atoms with Crippen molar-refractivity contribution in [2.45, 2.75) is 40.7 Å². The van der Waals surface area contributed by atoms with Gasteiger partial charge in [0, 0.05) is 32.3 Å². The number of carbonyl (C=O) groups is 1. The highest BCUT2D eigenvalue weighted by Gasteiger charge is 2.33. The highest BCUT2D eigenvalue weighted by molar-refractivity contribution is 8.26. The average molecular weight is 475 g/mol. The van der Waals surface area contributed by atoms with Crippen molar-refractivity contribution in [2.24, 2.45) is 11.8 Å². The van der Waals surface area contributed by atoms with E-state index in [2.05, 4.69) is 24.8 Å². The second-order valence-corrected chi connectivity index (χ2v) is 10.3. The number of nitriles is 1. The molecule has 2 unspecified atom stereocenters. The first-order chi connectivity index (χ1) is 15.2. The average Bonchev–Trinajstić information content (AvgIpc) is 3.00. The van der Waals surface area contributed by atoms with Crippen molar-refractivity contribution in [3.8, 4) is 6.07 Å². The molecule has 7 nitrogen and oxygen atoms in total. The van der Waals surface area contributed by atoms with Gasteiger partial charge < -0.3 is 9.64 Å². The summed E-state index contributed by atoms with van der Waals surface area (Å²) in [5.74, 6) is 1.58. The van der Waals surface area contributed by atoms with E-state index in [-0.39, 0.29) is 17.0 Å². The van der Waals surface area contributed by atoms with E-state index in [0.717, 1.165) is 30.9 Å². The van der Waals surface area contributed by atoms with Gasteiger partial charge in [0.15, 0.2) is 0 Å². The van der Waals surface area contributed by atoms with Crippen molar-refractivity contribution >= 4 is 46.1 Å². The van der Waals surface area contributed by atoms with Crippen molar-refractivity contribution in [3.63, 3.8) is 0 Å². The molecule has 2 aliphatic heterocycles. The van der Waals surface area contributed by atoms with Crippen LogP contribution in [0.2, 0.25) is 0 Å². The van der Waals surface area contributed by atoms with Gasteiger partial charge in [0.1, 0.15) is 21.8 Å². The normalized spacial score (nSPS) is 22.7. The molecule has 1 aromatic rings. The maximum Gasteiger partial charge on any atom is 0.270 e. The van der Waals surface area contributed by atoms with E-state index in [0.29, 0.717) is 46.3 Å². The zero-order valence-corrected chi connectivity index (χ0v) is 20.9. The fourth-order valence-electron chi connectivity index (χ4n) is 4.62. The summed E-state index contributed by atoms with van der Waals surface area (Å²) < 4.78 is 7.26. The van der Waals surface area contributed by atoms with Crippen LogP contribution in [0.25, 0.3) is 6.08 Å². The predicted octanol–water partition coefficient (Wildman–Crippen LogP) is 3.38. The molecule has 0 spiro atoms. The molecular weight excluding hydrogens is 444 g/mol. The van der Waals surface area contributed by atoms with Crippen LogP contribution in [-0.2, 0) is 16.1 Å². The van der Waals surface area contributed by atoms with Gasteiger partial charge in [-0.1, -0.05) is 37.8 Å². The van der Waals surface area contributed by atoms with E-state index < -0.39 is 0 Å². The lowest BCUT2D eigenvalue weighted by molar-refractivity contribution is -0.122. The molecule has 172 valence electrons. The monoisotopic (exact) mass is 474 g/mol. The molecule has 3 heterocycles. The first-order valence-electron chi connectivity index (χ1n) is 10.9. The first-order valence-corrected chi connectivity index (χ1v) is 12.1. The number of methoxy groups -OCH3 is 1. The summed E-state index contributed by atoms with van der Waals surface area (Å²) in [5, 5.41) is 9.71. The van der Waals surface area contributed by atoms with E-state index in [9.17, 15) is 14.9 Å². The second kappa shape index (κ2) is 10.2. The number of aromatic nitrogens is 1. The van der Waals surface area contributed by atoms with Crippen LogP contribution >= 0.6 is 24.0 Å². The molecule has 1 amide bonds. The number of carbonyl (C=O) groups excluding carboxylic acids is 1. The Morgan fingerprint density at radius 3 is 2.50 bits per heavy atom. The summed E-state index contributed by atoms with van der Waals surface area (Å²) in [6, 6.07) is 2.08. The minimum atomic E-state index is -0.279. The van der Waals surface area contributed by atoms with Crippen molar-refractivity contribution < 1.29 is 9.53 Å². The topological polar surface area (TPSA) is 78.6 Å². The van der Waals surface area contributed by atoms with Crippen molar-refractivity contribution in [3.05, 3.63) is 31.9 Å². The van der Waals surface area contributed by atoms with Gasteiger partial charge >= 0.3 is 0 Å². The Hall–Kier alpha value is -2.15. The van der Waals surface area contributed by atoms with Crippen LogP contribution < -0.4 is 10.5 Å². The second-order valence-electron chi connectivity index (χ2n) is 8.58. The number of hydrogen-bond acceptors (Lipinski definition) is 7. The Kier molecular flexibility index (Phi) is 7.80. The van der Waals surface area contributed by atoms with Gasteiger partial charge in [0.2, 0.25) is 0 Å². The lowest BCUT2D eigenvalue weighted by Crippen LogP contribution is -2.42. The van der Waals surface area contributed by atoms with Crippen LogP contribution in [0.3, 0.4) is 0 Å². The van der Waals surface area contributed by atoms with E-state index in [1.54, 1.807) is 18.6 Å². The molecule has 3 rings (SSSR count). The molecule has 0 saturated carbocycles. The van der Waals surface area contributed by atoms with E-state index >= 15 is 0 Å². The highest BCUT2D eigenvalue weighted by Crippen LogP contribution is 2.37. The third-order valence-corrected chi connectivity index (χ3v) is 7.38. The zero-order valence-electron chi connectivity index (χ0n) is 19.3. The number of rotatable bonds is 6. The Bertz CT molecular complexity index is 1050. The maximum atomic E-state index is 13.1. The lowest BCUT2D eigenvalue weighted by atomic mass is 9.91. The molecule has 0 aliphatic carbocycles. The molecule has 2 saturated heterocycles. The summed E-state index contributed by atoms with van der Waals surface area (Å²) >= 11 is 6.67. The number of thiocarbonyl (C=S) groups is 1. The summed E-state index contributed by atoms with van der Waals surface area (Å²) in [7, 11) is 1.58. The standard InChI is InChI=1S/C23H30N4O3S2/c1-6-26-20(25-12-14(2)9-15(3)13-25)17(16(4)18(11-24)21(26)28)10-19-22(29)27(7-8-30-5)23(31)32-19/h10,14-15H,6-9,12-13H2,1-5H3/b19-10-. The molecule has 2 atom stereocenters. The predicted molar refractivity (Wildman–Crippen MR) is 133 cm³/mol. The third-order valence-electron chi connectivity index (χ3n) is 6.00. The number of ether oxygens (including phenoxy) is 1. The van der Waals surface area contributed by atoms with Crippen LogP contribution in [0.15, 0.2) is 9.70 Å². The van der Waals surface area contributed by atoms with Gasteiger partial charge in [-0.15, -0.1) is 0 Å². The molecule has 2 fully saturated rings. The molecule has 9 heteroatoms. The Balaban J connectivity index is 2.20. The molecule has 0 radical (unpaired) electrons. The summed E-state index contributed by atoms with van der Waals surface area (Å²) in [6.45, 7) is 11.0. The molecule has 0 bridgehead atoms. The number of hydrogen-bond donors (Lipinski definition) is 0. The van der Waals surface area contributed by atoms with Crippen LogP contribution in [0.5, 0.6) is 0 Å². The minimum Gasteiger partial charge on any atom is -0.383 e. The van der Waals surface area contributed by atoms with Crippen molar-refractivity contribution in [1.82, 2.24) is 9.47 Å². The Morgan fingerprint density at radius 1 is 1.28 bits per heavy atom. The first kappa shape index (κ1) is 24.5. The summed E-state index contributed by atoms with van der Waals surface area (Å²) in [6.07, 6.45) is 2.95. The van der Waals surface area contributed by atoms with Crippen LogP contribution in [0.4, 0.5) is 5.82 Å². The molecule has 32 heavy (non-hydrogen) atoms. The maximum absolute atomic E-state index is 13.1. The van der Waals surface area contributed by atoms with E-state index in [1.807, 2.05) is 13.0 Å². The van der Waals surface area contributed by atoms with Gasteiger partial charge in [-0.3, -0.25) is 19.1 Å². The SMILES string of the molecule is CCn1c(N2CC(C)CC(C)C2)c(/C=C2\SC(=S)N(CCOC)C2=O)c(C)c(C#N)c1=O. The Labute approximate surface area is 199 Å². The number of amides is 1. The van der Waals surface area contributed by atoms with Crippen molar-refractivity contribution in [1.29, 1.82) is 5.26 Å². The smallest absolute Gasteiger partial charge is 0.270 e. The molecule has 2 aliphatic rings. The van der Waals surface area contributed by atoms with Gasteiger partial charge in [-0.25, -0.2) is 0 Å². The molecular formula is C23H30N4O3S2. The van der Waals surface area contributed by atoms with Crippen LogP contribution in [0.1, 0.15) is 43.9 Å².